The van der Waals surface area contributed by atoms with E-state index >= 15 is 0 Å². The van der Waals surface area contributed by atoms with Gasteiger partial charge in [-0.3, -0.25) is 14.5 Å². The lowest BCUT2D eigenvalue weighted by Crippen LogP contribution is -2.39. The zero-order chi connectivity index (χ0) is 12.4. The van der Waals surface area contributed by atoms with E-state index in [1.54, 1.807) is 10.8 Å². The van der Waals surface area contributed by atoms with Gasteiger partial charge < -0.3 is 4.74 Å². The Morgan fingerprint density at radius 3 is 3.00 bits per heavy atom. The second kappa shape index (κ2) is 4.91. The third kappa shape index (κ3) is 2.16. The van der Waals surface area contributed by atoms with Gasteiger partial charge in [-0.15, -0.1) is 0 Å². The van der Waals surface area contributed by atoms with Crippen molar-refractivity contribution >= 4 is 11.2 Å². The Morgan fingerprint density at radius 2 is 2.17 bits per heavy atom. The molecule has 0 bridgehead atoms. The van der Waals surface area contributed by atoms with Crippen LogP contribution in [0.5, 0.6) is 0 Å². The summed E-state index contributed by atoms with van der Waals surface area (Å²) in [5, 5.41) is 0. The lowest BCUT2D eigenvalue weighted by atomic mass is 10.4. The van der Waals surface area contributed by atoms with Gasteiger partial charge in [0.1, 0.15) is 0 Å². The maximum atomic E-state index is 11.8. The minimum atomic E-state index is -0.0861. The van der Waals surface area contributed by atoms with Crippen molar-refractivity contribution in [3.63, 3.8) is 0 Å². The number of aromatic amines is 1. The first-order valence-corrected chi connectivity index (χ1v) is 6.18. The molecular formula is C12H16N4O2. The molecule has 2 aromatic rings. The number of imidazole rings is 1. The summed E-state index contributed by atoms with van der Waals surface area (Å²) in [6.45, 7) is 5.00. The average Bonchev–Trinajstić information content (AvgIpc) is 2.73. The number of morpholine rings is 1. The number of H-pyrrole nitrogens is 1. The molecule has 1 aliphatic rings. The number of rotatable bonds is 3. The van der Waals surface area contributed by atoms with Gasteiger partial charge in [-0.25, -0.2) is 9.78 Å². The van der Waals surface area contributed by atoms with Gasteiger partial charge in [-0.1, -0.05) is 0 Å². The quantitative estimate of drug-likeness (QED) is 0.834. The summed E-state index contributed by atoms with van der Waals surface area (Å²) in [6.07, 6.45) is 1.69. The van der Waals surface area contributed by atoms with Crippen molar-refractivity contribution in [2.75, 3.05) is 32.8 Å². The van der Waals surface area contributed by atoms with E-state index in [0.29, 0.717) is 12.2 Å². The van der Waals surface area contributed by atoms with E-state index in [-0.39, 0.29) is 5.69 Å². The van der Waals surface area contributed by atoms with Crippen LogP contribution in [-0.4, -0.2) is 52.3 Å². The molecule has 2 aromatic heterocycles. The van der Waals surface area contributed by atoms with Gasteiger partial charge in [0, 0.05) is 32.4 Å². The lowest BCUT2D eigenvalue weighted by Gasteiger charge is -2.26. The smallest absolute Gasteiger partial charge is 0.327 e. The maximum Gasteiger partial charge on any atom is 0.327 e. The van der Waals surface area contributed by atoms with Gasteiger partial charge in [0.15, 0.2) is 5.65 Å². The van der Waals surface area contributed by atoms with Crippen LogP contribution in [-0.2, 0) is 11.3 Å². The molecule has 6 heteroatoms. The molecule has 3 rings (SSSR count). The molecule has 0 radical (unpaired) electrons. The van der Waals surface area contributed by atoms with Gasteiger partial charge in [0.2, 0.25) is 0 Å². The zero-order valence-corrected chi connectivity index (χ0v) is 10.1. The highest BCUT2D eigenvalue weighted by molar-refractivity contribution is 5.70. The van der Waals surface area contributed by atoms with Gasteiger partial charge >= 0.3 is 5.69 Å². The number of aromatic nitrogens is 3. The van der Waals surface area contributed by atoms with Gasteiger partial charge in [0.25, 0.3) is 0 Å². The topological polar surface area (TPSA) is 63.2 Å². The highest BCUT2D eigenvalue weighted by Crippen LogP contribution is 2.06. The molecule has 0 spiro atoms. The van der Waals surface area contributed by atoms with Crippen molar-refractivity contribution in [3.8, 4) is 0 Å². The largest absolute Gasteiger partial charge is 0.379 e. The standard InChI is InChI=1S/C12H16N4O2/c17-12-14-11-10(2-1-3-13-11)16(12)5-4-15-6-8-18-9-7-15/h1-3H,4-9H2,(H,13,14,17). The van der Waals surface area contributed by atoms with Crippen molar-refractivity contribution < 1.29 is 4.74 Å². The molecule has 0 amide bonds. The molecule has 1 fully saturated rings. The lowest BCUT2D eigenvalue weighted by molar-refractivity contribution is 0.0364. The molecule has 3 heterocycles. The highest BCUT2D eigenvalue weighted by atomic mass is 16.5. The molecule has 1 aliphatic heterocycles. The third-order valence-electron chi connectivity index (χ3n) is 3.29. The number of nitrogens with one attached hydrogen (secondary N) is 1. The summed E-state index contributed by atoms with van der Waals surface area (Å²) in [5.41, 5.74) is 1.44. The Kier molecular flexibility index (Phi) is 3.12. The first-order valence-electron chi connectivity index (χ1n) is 6.18. The molecule has 0 atom stereocenters. The fourth-order valence-corrected chi connectivity index (χ4v) is 2.28. The van der Waals surface area contributed by atoms with Crippen LogP contribution in [0.4, 0.5) is 0 Å². The van der Waals surface area contributed by atoms with Crippen molar-refractivity contribution in [2.24, 2.45) is 0 Å². The monoisotopic (exact) mass is 248 g/mol. The Bertz CT molecular complexity index is 583. The van der Waals surface area contributed by atoms with E-state index in [1.165, 1.54) is 0 Å². The summed E-state index contributed by atoms with van der Waals surface area (Å²) in [6, 6.07) is 3.76. The SMILES string of the molecule is O=c1[nH]c2ncccc2n1CCN1CCOCC1. The Hall–Kier alpha value is -1.66. The van der Waals surface area contributed by atoms with E-state index in [1.807, 2.05) is 12.1 Å². The zero-order valence-electron chi connectivity index (χ0n) is 10.1. The van der Waals surface area contributed by atoms with Gasteiger partial charge in [0.05, 0.1) is 18.7 Å². The predicted molar refractivity (Wildman–Crippen MR) is 67.6 cm³/mol. The van der Waals surface area contributed by atoms with Crippen LogP contribution < -0.4 is 5.69 Å². The third-order valence-corrected chi connectivity index (χ3v) is 3.29. The number of fused-ring (bicyclic) bond motifs is 1. The van der Waals surface area contributed by atoms with Crippen molar-refractivity contribution in [2.45, 2.75) is 6.54 Å². The van der Waals surface area contributed by atoms with Crippen LogP contribution in [0.2, 0.25) is 0 Å². The molecule has 18 heavy (non-hydrogen) atoms. The Morgan fingerprint density at radius 1 is 1.33 bits per heavy atom. The van der Waals surface area contributed by atoms with E-state index in [4.69, 9.17) is 4.74 Å². The maximum absolute atomic E-state index is 11.8. The van der Waals surface area contributed by atoms with Gasteiger partial charge in [-0.05, 0) is 12.1 Å². The summed E-state index contributed by atoms with van der Waals surface area (Å²) in [5.74, 6) is 0. The highest BCUT2D eigenvalue weighted by Gasteiger charge is 2.12. The van der Waals surface area contributed by atoms with E-state index in [0.717, 1.165) is 38.4 Å². The van der Waals surface area contributed by atoms with E-state index in [9.17, 15) is 4.79 Å². The van der Waals surface area contributed by atoms with E-state index in [2.05, 4.69) is 14.9 Å². The molecule has 0 aromatic carbocycles. The summed E-state index contributed by atoms with van der Waals surface area (Å²) in [4.78, 5) is 21.1. The molecule has 1 N–H and O–H groups in total. The van der Waals surface area contributed by atoms with E-state index < -0.39 is 0 Å². The fraction of sp³-hybridized carbons (Fsp3) is 0.500. The number of hydrogen-bond donors (Lipinski definition) is 1. The second-order valence-corrected chi connectivity index (χ2v) is 4.41. The Balaban J connectivity index is 1.77. The average molecular weight is 248 g/mol. The van der Waals surface area contributed by atoms with Crippen LogP contribution in [0.3, 0.4) is 0 Å². The van der Waals surface area contributed by atoms with Crippen LogP contribution in [0, 0.1) is 0 Å². The first kappa shape index (κ1) is 11.4. The number of ether oxygens (including phenoxy) is 1. The van der Waals surface area contributed by atoms with Crippen molar-refractivity contribution in [3.05, 3.63) is 28.8 Å². The normalized spacial score (nSPS) is 17.3. The van der Waals surface area contributed by atoms with Crippen LogP contribution >= 0.6 is 0 Å². The minimum Gasteiger partial charge on any atom is -0.379 e. The Labute approximate surface area is 104 Å². The summed E-state index contributed by atoms with van der Waals surface area (Å²) < 4.78 is 7.05. The van der Waals surface area contributed by atoms with Gasteiger partial charge in [-0.2, -0.15) is 0 Å². The molecule has 1 saturated heterocycles. The molecule has 96 valence electrons. The molecule has 0 aliphatic carbocycles. The molecule has 6 nitrogen and oxygen atoms in total. The first-order chi connectivity index (χ1) is 8.84. The minimum absolute atomic E-state index is 0.0861. The van der Waals surface area contributed by atoms with Crippen LogP contribution in [0.1, 0.15) is 0 Å². The summed E-state index contributed by atoms with van der Waals surface area (Å²) in [7, 11) is 0. The summed E-state index contributed by atoms with van der Waals surface area (Å²) >= 11 is 0. The fourth-order valence-electron chi connectivity index (χ4n) is 2.28. The van der Waals surface area contributed by atoms with Crippen LogP contribution in [0.15, 0.2) is 23.1 Å². The van der Waals surface area contributed by atoms with Crippen LogP contribution in [0.25, 0.3) is 11.2 Å². The second-order valence-electron chi connectivity index (χ2n) is 4.41. The van der Waals surface area contributed by atoms with Crippen molar-refractivity contribution in [1.82, 2.24) is 19.4 Å². The predicted octanol–water partition coefficient (Wildman–Crippen LogP) is 0.0568. The molecule has 0 saturated carbocycles. The molecule has 0 unspecified atom stereocenters. The number of pyridine rings is 1. The van der Waals surface area contributed by atoms with Crippen molar-refractivity contribution in [1.29, 1.82) is 0 Å². The number of nitrogens with zero attached hydrogens (tertiary/aromatic N) is 3. The number of hydrogen-bond acceptors (Lipinski definition) is 4. The molecular weight excluding hydrogens is 232 g/mol.